The lowest BCUT2D eigenvalue weighted by Crippen LogP contribution is -2.24. The van der Waals surface area contributed by atoms with Gasteiger partial charge in [0, 0.05) is 11.3 Å². The molecule has 0 N–H and O–H groups in total. The number of ether oxygens (including phenoxy) is 2. The number of benzene rings is 3. The Balaban J connectivity index is 1.49. The second-order valence-electron chi connectivity index (χ2n) is 8.80. The SMILES string of the molecule is CCOc1ccc(C=CC2=NN(c3ccc4ccccc4n3)C(c3ccc(OCC)cc3)C2C)cc1. The molecular weight excluding hydrogens is 446 g/mol. The summed E-state index contributed by atoms with van der Waals surface area (Å²) in [6.45, 7) is 7.52. The van der Waals surface area contributed by atoms with Crippen LogP contribution in [0.1, 0.15) is 37.9 Å². The monoisotopic (exact) mass is 477 g/mol. The summed E-state index contributed by atoms with van der Waals surface area (Å²) in [5.74, 6) is 2.75. The first kappa shape index (κ1) is 23.6. The Morgan fingerprint density at radius 1 is 0.778 bits per heavy atom. The fourth-order valence-electron chi connectivity index (χ4n) is 4.59. The summed E-state index contributed by atoms with van der Waals surface area (Å²) in [6, 6.07) is 28.8. The van der Waals surface area contributed by atoms with Crippen LogP contribution < -0.4 is 14.5 Å². The lowest BCUT2D eigenvalue weighted by atomic mass is 9.91. The van der Waals surface area contributed by atoms with Gasteiger partial charge in [-0.3, -0.25) is 0 Å². The zero-order valence-electron chi connectivity index (χ0n) is 21.0. The molecule has 0 saturated heterocycles. The zero-order chi connectivity index (χ0) is 24.9. The molecule has 1 aliphatic rings. The maximum atomic E-state index is 5.67. The van der Waals surface area contributed by atoms with Crippen LogP contribution in [0.25, 0.3) is 17.0 Å². The molecule has 5 rings (SSSR count). The molecule has 5 nitrogen and oxygen atoms in total. The normalized spacial score (nSPS) is 17.5. The molecule has 0 bridgehead atoms. The second-order valence-corrected chi connectivity index (χ2v) is 8.80. The van der Waals surface area contributed by atoms with E-state index in [-0.39, 0.29) is 12.0 Å². The van der Waals surface area contributed by atoms with E-state index in [2.05, 4.69) is 66.5 Å². The smallest absolute Gasteiger partial charge is 0.150 e. The number of hydrogen-bond acceptors (Lipinski definition) is 5. The summed E-state index contributed by atoms with van der Waals surface area (Å²) in [5, 5.41) is 8.25. The molecule has 2 atom stereocenters. The van der Waals surface area contributed by atoms with Gasteiger partial charge >= 0.3 is 0 Å². The molecule has 0 fully saturated rings. The van der Waals surface area contributed by atoms with Gasteiger partial charge in [0.15, 0.2) is 0 Å². The lowest BCUT2D eigenvalue weighted by molar-refractivity contribution is 0.340. The highest BCUT2D eigenvalue weighted by atomic mass is 16.5. The molecule has 0 saturated carbocycles. The average Bonchev–Trinajstić information content (AvgIpc) is 3.25. The minimum absolute atomic E-state index is 0.0225. The van der Waals surface area contributed by atoms with Crippen molar-refractivity contribution in [3.8, 4) is 11.5 Å². The van der Waals surface area contributed by atoms with E-state index in [1.54, 1.807) is 0 Å². The van der Waals surface area contributed by atoms with Crippen LogP contribution in [-0.4, -0.2) is 23.9 Å². The maximum absolute atomic E-state index is 5.67. The molecule has 36 heavy (non-hydrogen) atoms. The van der Waals surface area contributed by atoms with Crippen LogP contribution in [0.5, 0.6) is 11.5 Å². The molecule has 1 aliphatic heterocycles. The van der Waals surface area contributed by atoms with Crippen molar-refractivity contribution in [2.45, 2.75) is 26.8 Å². The first-order valence-corrected chi connectivity index (χ1v) is 12.5. The number of hydrogen-bond donors (Lipinski definition) is 0. The largest absolute Gasteiger partial charge is 0.494 e. The molecular formula is C31H31N3O2. The van der Waals surface area contributed by atoms with Gasteiger partial charge in [0.2, 0.25) is 0 Å². The molecule has 5 heteroatoms. The predicted octanol–water partition coefficient (Wildman–Crippen LogP) is 7.30. The lowest BCUT2D eigenvalue weighted by Gasteiger charge is -2.26. The maximum Gasteiger partial charge on any atom is 0.150 e. The highest BCUT2D eigenvalue weighted by Crippen LogP contribution is 2.39. The van der Waals surface area contributed by atoms with E-state index < -0.39 is 0 Å². The number of hydrazone groups is 1. The number of allylic oxidation sites excluding steroid dienone is 1. The number of nitrogens with zero attached hydrogens (tertiary/aromatic N) is 3. The summed E-state index contributed by atoms with van der Waals surface area (Å²) >= 11 is 0. The molecule has 3 aromatic carbocycles. The predicted molar refractivity (Wildman–Crippen MR) is 148 cm³/mol. The van der Waals surface area contributed by atoms with Crippen molar-refractivity contribution in [3.05, 3.63) is 102 Å². The Hall–Kier alpha value is -4.12. The highest BCUT2D eigenvalue weighted by Gasteiger charge is 2.36. The summed E-state index contributed by atoms with van der Waals surface area (Å²) in [6.07, 6.45) is 4.22. The summed E-state index contributed by atoms with van der Waals surface area (Å²) in [5.41, 5.74) is 4.25. The molecule has 4 aromatic rings. The average molecular weight is 478 g/mol. The quantitative estimate of drug-likeness (QED) is 0.267. The van der Waals surface area contributed by atoms with Crippen molar-refractivity contribution in [1.29, 1.82) is 0 Å². The fourth-order valence-corrected chi connectivity index (χ4v) is 4.59. The summed E-state index contributed by atoms with van der Waals surface area (Å²) < 4.78 is 11.2. The van der Waals surface area contributed by atoms with Crippen molar-refractivity contribution in [1.82, 2.24) is 4.98 Å². The van der Waals surface area contributed by atoms with Gasteiger partial charge in [0.1, 0.15) is 17.3 Å². The van der Waals surface area contributed by atoms with E-state index in [1.165, 1.54) is 5.56 Å². The third-order valence-corrected chi connectivity index (χ3v) is 6.42. The Morgan fingerprint density at radius 3 is 2.14 bits per heavy atom. The second kappa shape index (κ2) is 10.6. The Bertz CT molecular complexity index is 1380. The zero-order valence-corrected chi connectivity index (χ0v) is 21.0. The summed E-state index contributed by atoms with van der Waals surface area (Å²) in [4.78, 5) is 4.95. The first-order valence-electron chi connectivity index (χ1n) is 12.5. The van der Waals surface area contributed by atoms with E-state index in [4.69, 9.17) is 19.6 Å². The van der Waals surface area contributed by atoms with Gasteiger partial charge in [-0.1, -0.05) is 55.5 Å². The van der Waals surface area contributed by atoms with Crippen molar-refractivity contribution >= 4 is 28.5 Å². The Labute approximate surface area is 212 Å². The third-order valence-electron chi connectivity index (χ3n) is 6.42. The van der Waals surface area contributed by atoms with Gasteiger partial charge < -0.3 is 9.47 Å². The number of pyridine rings is 1. The number of anilines is 1. The molecule has 1 aromatic heterocycles. The van der Waals surface area contributed by atoms with Crippen LogP contribution in [-0.2, 0) is 0 Å². The number of para-hydroxylation sites is 1. The van der Waals surface area contributed by atoms with E-state index >= 15 is 0 Å². The minimum Gasteiger partial charge on any atom is -0.494 e. The third kappa shape index (κ3) is 4.96. The molecule has 0 aliphatic carbocycles. The van der Waals surface area contributed by atoms with Crippen molar-refractivity contribution in [2.75, 3.05) is 18.2 Å². The molecule has 0 spiro atoms. The van der Waals surface area contributed by atoms with Crippen LogP contribution in [0.4, 0.5) is 5.82 Å². The number of aromatic nitrogens is 1. The van der Waals surface area contributed by atoms with E-state index in [9.17, 15) is 0 Å². The van der Waals surface area contributed by atoms with Gasteiger partial charge in [0.25, 0.3) is 0 Å². The van der Waals surface area contributed by atoms with Crippen molar-refractivity contribution < 1.29 is 9.47 Å². The van der Waals surface area contributed by atoms with E-state index in [0.29, 0.717) is 13.2 Å². The van der Waals surface area contributed by atoms with E-state index in [0.717, 1.165) is 39.5 Å². The topological polar surface area (TPSA) is 47.0 Å². The van der Waals surface area contributed by atoms with Gasteiger partial charge in [-0.2, -0.15) is 5.10 Å². The van der Waals surface area contributed by atoms with Crippen LogP contribution in [0.2, 0.25) is 0 Å². The minimum atomic E-state index is 0.0225. The van der Waals surface area contributed by atoms with Gasteiger partial charge in [-0.25, -0.2) is 9.99 Å². The summed E-state index contributed by atoms with van der Waals surface area (Å²) in [7, 11) is 0. The number of rotatable bonds is 8. The van der Waals surface area contributed by atoms with Gasteiger partial charge in [-0.05, 0) is 73.5 Å². The highest BCUT2D eigenvalue weighted by molar-refractivity contribution is 6.02. The van der Waals surface area contributed by atoms with Gasteiger partial charge in [0.05, 0.1) is 30.5 Å². The van der Waals surface area contributed by atoms with Crippen LogP contribution in [0, 0.1) is 5.92 Å². The van der Waals surface area contributed by atoms with Crippen molar-refractivity contribution in [2.24, 2.45) is 11.0 Å². The Kier molecular flexibility index (Phi) is 6.99. The Morgan fingerprint density at radius 2 is 1.44 bits per heavy atom. The first-order chi connectivity index (χ1) is 17.7. The molecule has 182 valence electrons. The van der Waals surface area contributed by atoms with Crippen LogP contribution in [0.15, 0.2) is 96.1 Å². The molecule has 2 heterocycles. The van der Waals surface area contributed by atoms with E-state index in [1.807, 2.05) is 56.3 Å². The van der Waals surface area contributed by atoms with Crippen molar-refractivity contribution in [3.63, 3.8) is 0 Å². The fraction of sp³-hybridized carbons (Fsp3) is 0.226. The molecule has 0 amide bonds. The standard InChI is InChI=1S/C31H31N3O2/c1-4-35-26-16-10-23(11-17-26)12-20-28-22(3)31(25-13-18-27(19-14-25)36-5-2)34(33-28)30-21-15-24-8-6-7-9-29(24)32-30/h6-22,31H,4-5H2,1-3H3. The molecule has 2 unspecified atom stereocenters. The molecule has 0 radical (unpaired) electrons. The van der Waals surface area contributed by atoms with Crippen LogP contribution >= 0.6 is 0 Å². The number of fused-ring (bicyclic) bond motifs is 1. The van der Waals surface area contributed by atoms with Crippen LogP contribution in [0.3, 0.4) is 0 Å². The van der Waals surface area contributed by atoms with Gasteiger partial charge in [-0.15, -0.1) is 0 Å².